The van der Waals surface area contributed by atoms with Crippen molar-refractivity contribution in [3.63, 3.8) is 0 Å². The van der Waals surface area contributed by atoms with Gasteiger partial charge in [-0.25, -0.2) is 8.42 Å². The minimum Gasteiger partial charge on any atom is -0.480 e. The van der Waals surface area contributed by atoms with E-state index in [1.54, 1.807) is 43.0 Å². The molecule has 0 aliphatic carbocycles. The summed E-state index contributed by atoms with van der Waals surface area (Å²) in [5, 5.41) is -0.481. The minimum atomic E-state index is -3.31. The highest BCUT2D eigenvalue weighted by Crippen LogP contribution is 2.20. The number of hydrogen-bond acceptors (Lipinski definition) is 7. The van der Waals surface area contributed by atoms with Crippen molar-refractivity contribution >= 4 is 15.7 Å². The third kappa shape index (κ3) is 5.03. The van der Waals surface area contributed by atoms with Gasteiger partial charge in [0.05, 0.1) is 42.6 Å². The van der Waals surface area contributed by atoms with Crippen molar-refractivity contribution in [1.82, 2.24) is 14.9 Å². The number of hydrogen-bond donors (Lipinski definition) is 0. The fraction of sp³-hybridized carbons (Fsp3) is 0.450. The molecule has 0 spiro atoms. The first-order chi connectivity index (χ1) is 13.8. The number of sulfone groups is 1. The summed E-state index contributed by atoms with van der Waals surface area (Å²) in [6.45, 7) is 4.36. The first-order valence-electron chi connectivity index (χ1n) is 9.43. The van der Waals surface area contributed by atoms with Gasteiger partial charge in [-0.1, -0.05) is 12.1 Å². The summed E-state index contributed by atoms with van der Waals surface area (Å²) in [5.74, 6) is 0.717. The number of carbonyl (C=O) groups excluding carboxylic acids is 1. The van der Waals surface area contributed by atoms with E-state index < -0.39 is 15.1 Å². The van der Waals surface area contributed by atoms with E-state index in [2.05, 4.69) is 9.97 Å². The topological polar surface area (TPSA) is 98.7 Å². The SMILES string of the molecule is COc1cncc(OC2CCN(C(=O)Cc3ccc(S(=O)(=O)C(C)C)cc3)C2)n1. The molecular weight excluding hydrogens is 394 g/mol. The Morgan fingerprint density at radius 3 is 2.55 bits per heavy atom. The van der Waals surface area contributed by atoms with Crippen LogP contribution in [0.3, 0.4) is 0 Å². The summed E-state index contributed by atoms with van der Waals surface area (Å²) in [6.07, 6.45) is 3.78. The Bertz CT molecular complexity index is 960. The first kappa shape index (κ1) is 21.0. The van der Waals surface area contributed by atoms with Gasteiger partial charge >= 0.3 is 0 Å². The number of carbonyl (C=O) groups is 1. The van der Waals surface area contributed by atoms with E-state index in [9.17, 15) is 13.2 Å². The molecule has 1 atom stereocenters. The number of benzene rings is 1. The zero-order valence-corrected chi connectivity index (χ0v) is 17.6. The van der Waals surface area contributed by atoms with Gasteiger partial charge in [-0.3, -0.25) is 9.78 Å². The predicted octanol–water partition coefficient (Wildman–Crippen LogP) is 1.89. The van der Waals surface area contributed by atoms with Gasteiger partial charge in [0, 0.05) is 13.0 Å². The molecule has 1 aliphatic heterocycles. The van der Waals surface area contributed by atoms with E-state index in [4.69, 9.17) is 9.47 Å². The van der Waals surface area contributed by atoms with E-state index in [1.807, 2.05) is 0 Å². The average molecular weight is 420 g/mol. The lowest BCUT2D eigenvalue weighted by atomic mass is 10.1. The standard InChI is InChI=1S/C20H25N3O5S/c1-14(2)29(25,26)17-6-4-15(5-7-17)10-20(24)23-9-8-16(13-23)28-19-12-21-11-18(22-19)27-3/h4-7,11-12,14,16H,8-10,13H2,1-3H3. The normalized spacial score (nSPS) is 16.8. The van der Waals surface area contributed by atoms with Gasteiger partial charge in [0.15, 0.2) is 9.84 Å². The number of nitrogens with zero attached hydrogens (tertiary/aromatic N) is 3. The summed E-state index contributed by atoms with van der Waals surface area (Å²) in [4.78, 5) is 22.8. The molecule has 1 amide bonds. The second-order valence-corrected chi connectivity index (χ2v) is 9.69. The van der Waals surface area contributed by atoms with Gasteiger partial charge in [-0.15, -0.1) is 0 Å². The molecule has 0 saturated carbocycles. The maximum absolute atomic E-state index is 12.6. The molecule has 2 aromatic rings. The molecule has 8 nitrogen and oxygen atoms in total. The predicted molar refractivity (Wildman–Crippen MR) is 107 cm³/mol. The zero-order valence-electron chi connectivity index (χ0n) is 16.7. The molecule has 1 aromatic heterocycles. The van der Waals surface area contributed by atoms with Crippen LogP contribution >= 0.6 is 0 Å². The second-order valence-electron chi connectivity index (χ2n) is 7.18. The quantitative estimate of drug-likeness (QED) is 0.676. The van der Waals surface area contributed by atoms with Crippen molar-refractivity contribution in [3.8, 4) is 11.8 Å². The molecule has 1 fully saturated rings. The van der Waals surface area contributed by atoms with Crippen LogP contribution in [-0.2, 0) is 21.1 Å². The van der Waals surface area contributed by atoms with E-state index in [-0.39, 0.29) is 23.3 Å². The third-order valence-electron chi connectivity index (χ3n) is 4.81. The Kier molecular flexibility index (Phi) is 6.36. The largest absolute Gasteiger partial charge is 0.480 e. The van der Waals surface area contributed by atoms with Crippen LogP contribution < -0.4 is 9.47 Å². The molecule has 9 heteroatoms. The average Bonchev–Trinajstić information content (AvgIpc) is 3.17. The molecule has 1 unspecified atom stereocenters. The number of likely N-dealkylation sites (tertiary alicyclic amines) is 1. The molecule has 1 aromatic carbocycles. The van der Waals surface area contributed by atoms with Crippen molar-refractivity contribution in [2.45, 2.75) is 42.9 Å². The Hall–Kier alpha value is -2.68. The van der Waals surface area contributed by atoms with Crippen LogP contribution in [0.1, 0.15) is 25.8 Å². The summed E-state index contributed by atoms with van der Waals surface area (Å²) in [7, 11) is -1.80. The van der Waals surface area contributed by atoms with Crippen LogP contribution in [0.4, 0.5) is 0 Å². The van der Waals surface area contributed by atoms with Gasteiger partial charge in [0.2, 0.25) is 17.7 Å². The fourth-order valence-corrected chi connectivity index (χ4v) is 4.12. The van der Waals surface area contributed by atoms with Crippen LogP contribution in [0, 0.1) is 0 Å². The molecular formula is C20H25N3O5S. The maximum atomic E-state index is 12.6. The Morgan fingerprint density at radius 2 is 1.90 bits per heavy atom. The number of rotatable bonds is 7. The molecule has 156 valence electrons. The van der Waals surface area contributed by atoms with Crippen molar-refractivity contribution in [1.29, 1.82) is 0 Å². The lowest BCUT2D eigenvalue weighted by Gasteiger charge is -2.17. The Labute approximate surface area is 170 Å². The number of aromatic nitrogens is 2. The summed E-state index contributed by atoms with van der Waals surface area (Å²) in [6, 6.07) is 6.52. The Balaban J connectivity index is 1.56. The molecule has 29 heavy (non-hydrogen) atoms. The maximum Gasteiger partial charge on any atom is 0.235 e. The van der Waals surface area contributed by atoms with Gasteiger partial charge in [0.1, 0.15) is 6.10 Å². The first-order valence-corrected chi connectivity index (χ1v) is 11.0. The molecule has 2 heterocycles. The monoisotopic (exact) mass is 419 g/mol. The van der Waals surface area contributed by atoms with Gasteiger partial charge in [-0.2, -0.15) is 4.98 Å². The van der Waals surface area contributed by atoms with Crippen LogP contribution in [0.25, 0.3) is 0 Å². The van der Waals surface area contributed by atoms with Crippen LogP contribution in [0.15, 0.2) is 41.6 Å². The van der Waals surface area contributed by atoms with Crippen molar-refractivity contribution in [3.05, 3.63) is 42.2 Å². The lowest BCUT2D eigenvalue weighted by Crippen LogP contribution is -2.32. The van der Waals surface area contributed by atoms with E-state index in [0.29, 0.717) is 31.3 Å². The number of methoxy groups -OCH3 is 1. The molecule has 0 bridgehead atoms. The molecule has 1 saturated heterocycles. The zero-order chi connectivity index (χ0) is 21.0. The van der Waals surface area contributed by atoms with Crippen LogP contribution in [0.5, 0.6) is 11.8 Å². The van der Waals surface area contributed by atoms with Gasteiger partial charge in [-0.05, 0) is 31.5 Å². The molecule has 0 N–H and O–H groups in total. The molecule has 3 rings (SSSR count). The summed E-state index contributed by atoms with van der Waals surface area (Å²) in [5.41, 5.74) is 0.778. The Morgan fingerprint density at radius 1 is 1.21 bits per heavy atom. The molecule has 0 radical (unpaired) electrons. The highest BCUT2D eigenvalue weighted by atomic mass is 32.2. The van der Waals surface area contributed by atoms with E-state index in [1.165, 1.54) is 19.5 Å². The van der Waals surface area contributed by atoms with Gasteiger partial charge in [0.25, 0.3) is 0 Å². The summed E-state index contributed by atoms with van der Waals surface area (Å²) < 4.78 is 35.2. The highest BCUT2D eigenvalue weighted by molar-refractivity contribution is 7.92. The van der Waals surface area contributed by atoms with Crippen molar-refractivity contribution < 1.29 is 22.7 Å². The summed E-state index contributed by atoms with van der Waals surface area (Å²) >= 11 is 0. The van der Waals surface area contributed by atoms with Crippen LogP contribution in [0.2, 0.25) is 0 Å². The minimum absolute atomic E-state index is 0.0210. The van der Waals surface area contributed by atoms with Crippen molar-refractivity contribution in [2.24, 2.45) is 0 Å². The number of ether oxygens (including phenoxy) is 2. The highest BCUT2D eigenvalue weighted by Gasteiger charge is 2.28. The van der Waals surface area contributed by atoms with Crippen molar-refractivity contribution in [2.75, 3.05) is 20.2 Å². The third-order valence-corrected chi connectivity index (χ3v) is 6.98. The van der Waals surface area contributed by atoms with Gasteiger partial charge < -0.3 is 14.4 Å². The van der Waals surface area contributed by atoms with E-state index >= 15 is 0 Å². The van der Waals surface area contributed by atoms with Crippen LogP contribution in [-0.4, -0.2) is 60.7 Å². The fourth-order valence-electron chi connectivity index (χ4n) is 3.06. The number of amides is 1. The molecule has 1 aliphatic rings. The second kappa shape index (κ2) is 8.77. The smallest absolute Gasteiger partial charge is 0.235 e. The van der Waals surface area contributed by atoms with E-state index in [0.717, 1.165) is 5.56 Å². The lowest BCUT2D eigenvalue weighted by molar-refractivity contribution is -0.129.